The second-order valence-electron chi connectivity index (χ2n) is 3.68. The molecule has 3 nitrogen and oxygen atoms in total. The molecule has 0 aliphatic carbocycles. The van der Waals surface area contributed by atoms with Crippen molar-refractivity contribution in [3.05, 3.63) is 36.0 Å². The standard InChI is InChI=1S/C12H10F3N3S/c1-19-11-17-9(12(13,14)15)8(10(16)18-11)7-5-3-2-4-6-7/h2-6H,1H3,(H2,16,17,18). The van der Waals surface area contributed by atoms with E-state index in [0.29, 0.717) is 5.56 Å². The number of benzene rings is 1. The van der Waals surface area contributed by atoms with Gasteiger partial charge in [-0.05, 0) is 11.8 Å². The van der Waals surface area contributed by atoms with Crippen LogP contribution in [0.1, 0.15) is 5.69 Å². The Balaban J connectivity index is 2.72. The maximum absolute atomic E-state index is 13.1. The van der Waals surface area contributed by atoms with Crippen LogP contribution in [-0.2, 0) is 6.18 Å². The van der Waals surface area contributed by atoms with E-state index in [1.165, 1.54) is 0 Å². The first kappa shape index (κ1) is 13.7. The van der Waals surface area contributed by atoms with Crippen molar-refractivity contribution in [2.24, 2.45) is 0 Å². The van der Waals surface area contributed by atoms with E-state index in [2.05, 4.69) is 9.97 Å². The third-order valence-corrected chi connectivity index (χ3v) is 2.98. The van der Waals surface area contributed by atoms with Crippen LogP contribution < -0.4 is 5.73 Å². The highest BCUT2D eigenvalue weighted by atomic mass is 32.2. The normalized spacial score (nSPS) is 11.6. The molecule has 0 atom stereocenters. The van der Waals surface area contributed by atoms with E-state index in [1.54, 1.807) is 36.6 Å². The molecule has 0 spiro atoms. The molecule has 19 heavy (non-hydrogen) atoms. The van der Waals surface area contributed by atoms with Crippen molar-refractivity contribution in [2.75, 3.05) is 12.0 Å². The van der Waals surface area contributed by atoms with Gasteiger partial charge in [0, 0.05) is 0 Å². The summed E-state index contributed by atoms with van der Waals surface area (Å²) in [5.74, 6) is -0.169. The van der Waals surface area contributed by atoms with Gasteiger partial charge in [0.15, 0.2) is 10.9 Å². The third-order valence-electron chi connectivity index (χ3n) is 2.43. The minimum atomic E-state index is -4.58. The van der Waals surface area contributed by atoms with Crippen molar-refractivity contribution in [1.82, 2.24) is 9.97 Å². The van der Waals surface area contributed by atoms with Crippen LogP contribution in [0.3, 0.4) is 0 Å². The molecule has 2 rings (SSSR count). The van der Waals surface area contributed by atoms with Gasteiger partial charge < -0.3 is 5.73 Å². The number of hydrogen-bond donors (Lipinski definition) is 1. The maximum atomic E-state index is 13.1. The van der Waals surface area contributed by atoms with Crippen LogP contribution >= 0.6 is 11.8 Å². The number of alkyl halides is 3. The molecule has 2 aromatic rings. The van der Waals surface area contributed by atoms with E-state index in [9.17, 15) is 13.2 Å². The summed E-state index contributed by atoms with van der Waals surface area (Å²) in [6.45, 7) is 0. The summed E-state index contributed by atoms with van der Waals surface area (Å²) in [6.07, 6.45) is -2.98. The number of aromatic nitrogens is 2. The molecule has 1 heterocycles. The smallest absolute Gasteiger partial charge is 0.383 e. The lowest BCUT2D eigenvalue weighted by molar-refractivity contribution is -0.141. The van der Waals surface area contributed by atoms with Gasteiger partial charge in [0.1, 0.15) is 5.82 Å². The fraction of sp³-hybridized carbons (Fsp3) is 0.167. The van der Waals surface area contributed by atoms with Crippen molar-refractivity contribution >= 4 is 17.6 Å². The van der Waals surface area contributed by atoms with E-state index in [1.807, 2.05) is 0 Å². The van der Waals surface area contributed by atoms with Crippen LogP contribution in [0.15, 0.2) is 35.5 Å². The van der Waals surface area contributed by atoms with Crippen molar-refractivity contribution in [1.29, 1.82) is 0 Å². The van der Waals surface area contributed by atoms with Crippen molar-refractivity contribution in [3.8, 4) is 11.1 Å². The molecule has 1 aromatic heterocycles. The summed E-state index contributed by atoms with van der Waals surface area (Å²) in [5, 5.41) is 0.00417. The van der Waals surface area contributed by atoms with Gasteiger partial charge in [0.25, 0.3) is 0 Å². The molecule has 7 heteroatoms. The Morgan fingerprint density at radius 3 is 2.26 bits per heavy atom. The molecule has 1 aromatic carbocycles. The maximum Gasteiger partial charge on any atom is 0.434 e. The van der Waals surface area contributed by atoms with Crippen LogP contribution in [-0.4, -0.2) is 16.2 Å². The fourth-order valence-electron chi connectivity index (χ4n) is 1.64. The lowest BCUT2D eigenvalue weighted by Crippen LogP contribution is -2.14. The number of nitrogens with zero attached hydrogens (tertiary/aromatic N) is 2. The van der Waals surface area contributed by atoms with Gasteiger partial charge in [-0.3, -0.25) is 0 Å². The molecular weight excluding hydrogens is 275 g/mol. The second-order valence-corrected chi connectivity index (χ2v) is 4.46. The Morgan fingerprint density at radius 1 is 1.11 bits per heavy atom. The Hall–Kier alpha value is -1.76. The first-order valence-electron chi connectivity index (χ1n) is 5.27. The lowest BCUT2D eigenvalue weighted by Gasteiger charge is -2.14. The molecule has 0 saturated heterocycles. The van der Waals surface area contributed by atoms with Crippen LogP contribution in [0.5, 0.6) is 0 Å². The lowest BCUT2D eigenvalue weighted by atomic mass is 10.0. The summed E-state index contributed by atoms with van der Waals surface area (Å²) < 4.78 is 39.2. The Labute approximate surface area is 112 Å². The third kappa shape index (κ3) is 2.81. The van der Waals surface area contributed by atoms with Gasteiger partial charge in [-0.2, -0.15) is 13.2 Å². The van der Waals surface area contributed by atoms with Gasteiger partial charge in [0.2, 0.25) is 0 Å². The first-order valence-corrected chi connectivity index (χ1v) is 6.50. The Morgan fingerprint density at radius 2 is 1.74 bits per heavy atom. The number of nitrogens with two attached hydrogens (primary N) is 1. The van der Waals surface area contributed by atoms with E-state index >= 15 is 0 Å². The molecule has 0 aliphatic heterocycles. The summed E-state index contributed by atoms with van der Waals surface area (Å²) in [4.78, 5) is 7.42. The zero-order chi connectivity index (χ0) is 14.0. The molecule has 2 N–H and O–H groups in total. The molecule has 0 bridgehead atoms. The SMILES string of the molecule is CSc1nc(N)c(-c2ccccc2)c(C(F)(F)F)n1. The van der Waals surface area contributed by atoms with Gasteiger partial charge in [-0.15, -0.1) is 0 Å². The molecule has 0 aliphatic rings. The number of anilines is 1. The van der Waals surface area contributed by atoms with Gasteiger partial charge in [0.05, 0.1) is 5.56 Å². The van der Waals surface area contributed by atoms with Crippen LogP contribution in [0.25, 0.3) is 11.1 Å². The molecular formula is C12H10F3N3S. The minimum absolute atomic E-state index is 0.00417. The van der Waals surface area contributed by atoms with E-state index in [-0.39, 0.29) is 16.5 Å². The predicted octanol–water partition coefficient (Wildman–Crippen LogP) is 3.47. The van der Waals surface area contributed by atoms with Crippen LogP contribution in [0.4, 0.5) is 19.0 Å². The number of thioether (sulfide) groups is 1. The zero-order valence-corrected chi connectivity index (χ0v) is 10.7. The number of rotatable bonds is 2. The summed E-state index contributed by atoms with van der Waals surface area (Å²) >= 11 is 1.01. The van der Waals surface area contributed by atoms with E-state index < -0.39 is 11.9 Å². The summed E-state index contributed by atoms with van der Waals surface area (Å²) in [7, 11) is 0. The van der Waals surface area contributed by atoms with E-state index in [4.69, 9.17) is 5.73 Å². The van der Waals surface area contributed by atoms with Crippen molar-refractivity contribution < 1.29 is 13.2 Å². The summed E-state index contributed by atoms with van der Waals surface area (Å²) in [5.41, 5.74) is 4.83. The first-order chi connectivity index (χ1) is 8.93. The quantitative estimate of drug-likeness (QED) is 0.678. The van der Waals surface area contributed by atoms with Crippen LogP contribution in [0.2, 0.25) is 0 Å². The van der Waals surface area contributed by atoms with Gasteiger partial charge in [-0.1, -0.05) is 42.1 Å². The largest absolute Gasteiger partial charge is 0.434 e. The average Bonchev–Trinajstić information content (AvgIpc) is 2.37. The summed E-state index contributed by atoms with van der Waals surface area (Å²) in [6, 6.07) is 8.07. The molecule has 0 radical (unpaired) electrons. The molecule has 0 unspecified atom stereocenters. The van der Waals surface area contributed by atoms with Gasteiger partial charge in [-0.25, -0.2) is 9.97 Å². The highest BCUT2D eigenvalue weighted by Crippen LogP contribution is 2.38. The highest BCUT2D eigenvalue weighted by Gasteiger charge is 2.37. The highest BCUT2D eigenvalue weighted by molar-refractivity contribution is 7.98. The van der Waals surface area contributed by atoms with Crippen molar-refractivity contribution in [3.63, 3.8) is 0 Å². The zero-order valence-electron chi connectivity index (χ0n) is 9.90. The predicted molar refractivity (Wildman–Crippen MR) is 68.7 cm³/mol. The monoisotopic (exact) mass is 285 g/mol. The Kier molecular flexibility index (Phi) is 3.66. The number of halogens is 3. The number of nitrogen functional groups attached to an aromatic ring is 1. The second kappa shape index (κ2) is 5.08. The average molecular weight is 285 g/mol. The minimum Gasteiger partial charge on any atom is -0.383 e. The fourth-order valence-corrected chi connectivity index (χ4v) is 2.01. The molecule has 0 amide bonds. The molecule has 0 saturated carbocycles. The number of hydrogen-bond acceptors (Lipinski definition) is 4. The topological polar surface area (TPSA) is 51.8 Å². The van der Waals surface area contributed by atoms with Gasteiger partial charge >= 0.3 is 6.18 Å². The molecule has 100 valence electrons. The van der Waals surface area contributed by atoms with E-state index in [0.717, 1.165) is 11.8 Å². The van der Waals surface area contributed by atoms with Crippen LogP contribution in [0, 0.1) is 0 Å². The van der Waals surface area contributed by atoms with Crippen molar-refractivity contribution in [2.45, 2.75) is 11.3 Å². The molecule has 0 fully saturated rings. The Bertz CT molecular complexity index is 585.